The number of carbonyl (C=O) groups excluding carboxylic acids is 1. The predicted molar refractivity (Wildman–Crippen MR) is 97.3 cm³/mol. The fourth-order valence-electron chi connectivity index (χ4n) is 2.25. The second-order valence-corrected chi connectivity index (χ2v) is 6.30. The number of aliphatic hydroxyl groups excluding tert-OH is 1. The number of rotatable bonds is 9. The van der Waals surface area contributed by atoms with Crippen LogP contribution in [0.2, 0.25) is 0 Å². The number of carboxylic acids is 2. The molecule has 2 unspecified atom stereocenters. The molecule has 2 heterocycles. The van der Waals surface area contributed by atoms with E-state index in [0.717, 1.165) is 0 Å². The van der Waals surface area contributed by atoms with Gasteiger partial charge in [0.1, 0.15) is 6.10 Å². The van der Waals surface area contributed by atoms with E-state index in [1.165, 1.54) is 18.5 Å². The molecule has 1 aliphatic heterocycles. The highest BCUT2D eigenvalue weighted by Crippen LogP contribution is 2.37. The molecule has 0 aliphatic carbocycles. The topological polar surface area (TPSA) is 162 Å². The standard InChI is InChI=1S/C16H18N4O4.C2HF3O2/c1-2-3-7-16(19-20-16)8-6-12(21)18-13(15(23)24)14(22)11-5-4-9-17-10-11;3-2(4,5)1(6)7/h1,4-5,9-10,13-14,22H,3,6-8H2,(H,18,21)(H,23,24);(H,6,7). The van der Waals surface area contributed by atoms with E-state index in [1.807, 2.05) is 0 Å². The first-order chi connectivity index (χ1) is 14.4. The minimum Gasteiger partial charge on any atom is -0.480 e. The van der Waals surface area contributed by atoms with Gasteiger partial charge in [0, 0.05) is 43.6 Å². The van der Waals surface area contributed by atoms with Crippen molar-refractivity contribution in [3.8, 4) is 12.3 Å². The normalized spacial score (nSPS) is 15.5. The van der Waals surface area contributed by atoms with E-state index in [1.54, 1.807) is 6.07 Å². The third kappa shape index (κ3) is 8.79. The van der Waals surface area contributed by atoms with E-state index in [0.29, 0.717) is 24.8 Å². The molecule has 31 heavy (non-hydrogen) atoms. The number of aliphatic carboxylic acids is 2. The van der Waals surface area contributed by atoms with Gasteiger partial charge >= 0.3 is 18.1 Å². The van der Waals surface area contributed by atoms with E-state index in [2.05, 4.69) is 26.4 Å². The minimum absolute atomic E-state index is 0.0428. The number of aliphatic hydroxyl groups is 1. The number of hydrogen-bond acceptors (Lipinski definition) is 7. The fraction of sp³-hybridized carbons (Fsp3) is 0.444. The maximum Gasteiger partial charge on any atom is 0.490 e. The molecule has 0 aromatic carbocycles. The van der Waals surface area contributed by atoms with Crippen LogP contribution in [0.25, 0.3) is 0 Å². The number of terminal acetylenes is 1. The summed E-state index contributed by atoms with van der Waals surface area (Å²) in [5.41, 5.74) is -0.299. The number of pyridine rings is 1. The molecule has 1 amide bonds. The van der Waals surface area contributed by atoms with Crippen LogP contribution in [-0.2, 0) is 14.4 Å². The summed E-state index contributed by atoms with van der Waals surface area (Å²) < 4.78 is 31.7. The lowest BCUT2D eigenvalue weighted by molar-refractivity contribution is -0.192. The Morgan fingerprint density at radius 2 is 1.84 bits per heavy atom. The summed E-state index contributed by atoms with van der Waals surface area (Å²) in [5, 5.41) is 36.7. The summed E-state index contributed by atoms with van der Waals surface area (Å²) in [7, 11) is 0. The van der Waals surface area contributed by atoms with Crippen molar-refractivity contribution in [2.45, 2.75) is 49.7 Å². The van der Waals surface area contributed by atoms with Crippen molar-refractivity contribution in [3.05, 3.63) is 30.1 Å². The molecule has 0 saturated carbocycles. The average Bonchev–Trinajstić information content (AvgIpc) is 3.49. The van der Waals surface area contributed by atoms with Gasteiger partial charge in [-0.2, -0.15) is 23.4 Å². The van der Waals surface area contributed by atoms with Gasteiger partial charge < -0.3 is 20.6 Å². The monoisotopic (exact) mass is 444 g/mol. The number of nitrogens with one attached hydrogen (secondary N) is 1. The number of nitrogens with zero attached hydrogens (tertiary/aromatic N) is 3. The molecule has 1 aromatic rings. The maximum atomic E-state index is 12.0. The van der Waals surface area contributed by atoms with Gasteiger partial charge in [0.25, 0.3) is 0 Å². The van der Waals surface area contributed by atoms with E-state index in [9.17, 15) is 33.0 Å². The first-order valence-electron chi connectivity index (χ1n) is 8.69. The number of carbonyl (C=O) groups is 3. The van der Waals surface area contributed by atoms with Gasteiger partial charge in [-0.05, 0) is 6.07 Å². The highest BCUT2D eigenvalue weighted by Gasteiger charge is 2.40. The quantitative estimate of drug-likeness (QED) is 0.421. The molecule has 2 rings (SSSR count). The van der Waals surface area contributed by atoms with Crippen LogP contribution in [0.3, 0.4) is 0 Å². The Kier molecular flexibility index (Phi) is 9.07. The minimum atomic E-state index is -5.08. The fourth-order valence-corrected chi connectivity index (χ4v) is 2.25. The van der Waals surface area contributed by atoms with Crippen LogP contribution < -0.4 is 5.32 Å². The van der Waals surface area contributed by atoms with Crippen molar-refractivity contribution in [3.63, 3.8) is 0 Å². The molecule has 0 fully saturated rings. The zero-order valence-corrected chi connectivity index (χ0v) is 15.9. The number of aromatic nitrogens is 1. The summed E-state index contributed by atoms with van der Waals surface area (Å²) in [6.45, 7) is 0. The lowest BCUT2D eigenvalue weighted by Gasteiger charge is -2.20. The van der Waals surface area contributed by atoms with E-state index >= 15 is 0 Å². The van der Waals surface area contributed by atoms with Gasteiger partial charge in [0.2, 0.25) is 5.91 Å². The molecular formula is C18H19F3N4O6. The van der Waals surface area contributed by atoms with Crippen molar-refractivity contribution in [1.82, 2.24) is 10.3 Å². The summed E-state index contributed by atoms with van der Waals surface area (Å²) in [6.07, 6.45) is 3.04. The summed E-state index contributed by atoms with van der Waals surface area (Å²) in [5.74, 6) is -2.09. The first-order valence-corrected chi connectivity index (χ1v) is 8.69. The van der Waals surface area contributed by atoms with E-state index in [4.69, 9.17) is 16.3 Å². The van der Waals surface area contributed by atoms with Crippen LogP contribution in [-0.4, -0.2) is 56.0 Å². The van der Waals surface area contributed by atoms with E-state index in [-0.39, 0.29) is 6.42 Å². The van der Waals surface area contributed by atoms with Gasteiger partial charge in [-0.15, -0.1) is 12.3 Å². The second kappa shape index (κ2) is 11.0. The molecule has 0 saturated heterocycles. The predicted octanol–water partition coefficient (Wildman–Crippen LogP) is 1.67. The second-order valence-electron chi connectivity index (χ2n) is 6.30. The lowest BCUT2D eigenvalue weighted by atomic mass is 10.0. The molecule has 13 heteroatoms. The highest BCUT2D eigenvalue weighted by molar-refractivity contribution is 5.84. The van der Waals surface area contributed by atoms with Crippen LogP contribution in [0.4, 0.5) is 13.2 Å². The highest BCUT2D eigenvalue weighted by atomic mass is 19.4. The van der Waals surface area contributed by atoms with Gasteiger partial charge in [0.05, 0.1) is 0 Å². The zero-order chi connectivity index (χ0) is 23.7. The lowest BCUT2D eigenvalue weighted by Crippen LogP contribution is -2.45. The van der Waals surface area contributed by atoms with Gasteiger partial charge in [-0.3, -0.25) is 9.78 Å². The van der Waals surface area contributed by atoms with Crippen molar-refractivity contribution in [1.29, 1.82) is 0 Å². The van der Waals surface area contributed by atoms with Crippen molar-refractivity contribution < 1.29 is 42.9 Å². The summed E-state index contributed by atoms with van der Waals surface area (Å²) >= 11 is 0. The number of halogens is 3. The largest absolute Gasteiger partial charge is 0.490 e. The molecule has 1 aromatic heterocycles. The Morgan fingerprint density at radius 3 is 2.26 bits per heavy atom. The Morgan fingerprint density at radius 1 is 1.23 bits per heavy atom. The van der Waals surface area contributed by atoms with Crippen LogP contribution >= 0.6 is 0 Å². The van der Waals surface area contributed by atoms with Crippen LogP contribution in [0, 0.1) is 12.3 Å². The first kappa shape index (κ1) is 25.5. The van der Waals surface area contributed by atoms with Crippen LogP contribution in [0.15, 0.2) is 34.8 Å². The third-order valence-corrected chi connectivity index (χ3v) is 3.97. The maximum absolute atomic E-state index is 12.0. The van der Waals surface area contributed by atoms with Gasteiger partial charge in [-0.25, -0.2) is 9.59 Å². The SMILES string of the molecule is C#CCCC1(CCC(=O)NC(C(=O)O)C(O)c2cccnc2)N=N1.O=C(O)C(F)(F)F. The molecule has 0 bridgehead atoms. The number of amides is 1. The molecule has 2 atom stereocenters. The Bertz CT molecular complexity index is 848. The zero-order valence-electron chi connectivity index (χ0n) is 15.9. The molecular weight excluding hydrogens is 425 g/mol. The molecule has 1 aliphatic rings. The molecule has 0 radical (unpaired) electrons. The third-order valence-electron chi connectivity index (χ3n) is 3.97. The molecule has 10 nitrogen and oxygen atoms in total. The molecule has 4 N–H and O–H groups in total. The van der Waals surface area contributed by atoms with E-state index < -0.39 is 41.8 Å². The smallest absolute Gasteiger partial charge is 0.480 e. The number of alkyl halides is 3. The number of hydrogen-bond donors (Lipinski definition) is 4. The van der Waals surface area contributed by atoms with Crippen molar-refractivity contribution in [2.24, 2.45) is 10.2 Å². The van der Waals surface area contributed by atoms with Gasteiger partial charge in [0.15, 0.2) is 11.7 Å². The average molecular weight is 444 g/mol. The molecule has 168 valence electrons. The van der Waals surface area contributed by atoms with Crippen molar-refractivity contribution in [2.75, 3.05) is 0 Å². The van der Waals surface area contributed by atoms with Gasteiger partial charge in [-0.1, -0.05) is 6.07 Å². The van der Waals surface area contributed by atoms with Crippen molar-refractivity contribution >= 4 is 17.8 Å². The Hall–Kier alpha value is -3.53. The van der Waals surface area contributed by atoms with Crippen LogP contribution in [0.1, 0.15) is 37.4 Å². The summed E-state index contributed by atoms with van der Waals surface area (Å²) in [6, 6.07) is 1.65. The Labute approximate surface area is 174 Å². The molecule has 0 spiro atoms. The summed E-state index contributed by atoms with van der Waals surface area (Å²) in [4.78, 5) is 36.1. The van der Waals surface area contributed by atoms with Crippen LogP contribution in [0.5, 0.6) is 0 Å². The Balaban J connectivity index is 0.000000592. The number of carboxylic acid groups (broad SMARTS) is 2.